The van der Waals surface area contributed by atoms with Gasteiger partial charge in [-0.25, -0.2) is 0 Å². The molecule has 0 saturated carbocycles. The van der Waals surface area contributed by atoms with Crippen LogP contribution in [0.5, 0.6) is 0 Å². The summed E-state index contributed by atoms with van der Waals surface area (Å²) in [5.41, 5.74) is 0.542. The molecule has 1 unspecified atom stereocenters. The van der Waals surface area contributed by atoms with Gasteiger partial charge in [0, 0.05) is 5.57 Å². The van der Waals surface area contributed by atoms with Crippen molar-refractivity contribution < 1.29 is 18.8 Å². The number of rotatable bonds is 0. The average molecular weight is 219 g/mol. The molecular weight excluding hydrogens is 214 g/mol. The summed E-state index contributed by atoms with van der Waals surface area (Å²) in [7, 11) is 0.658. The Hall–Kier alpha value is -0.250. The van der Waals surface area contributed by atoms with E-state index in [0.717, 1.165) is 0 Å². The third kappa shape index (κ3) is 0.925. The fourth-order valence-electron chi connectivity index (χ4n) is 1.47. The predicted octanol–water partition coefficient (Wildman–Crippen LogP) is 0.823. The van der Waals surface area contributed by atoms with Crippen molar-refractivity contribution in [1.29, 1.82) is 0 Å². The van der Waals surface area contributed by atoms with Crippen molar-refractivity contribution in [3.63, 3.8) is 0 Å². The Morgan fingerprint density at radius 2 is 2.31 bits per heavy atom. The lowest BCUT2D eigenvalue weighted by molar-refractivity contribution is -0.388. The number of hydrogen-bond donors (Lipinski definition) is 0. The molecule has 0 spiro atoms. The maximum Gasteiger partial charge on any atom is 0.280 e. The lowest BCUT2D eigenvalue weighted by Crippen LogP contribution is -2.65. The van der Waals surface area contributed by atoms with Crippen LogP contribution in [0.15, 0.2) is 11.6 Å². The molecule has 4 rings (SSSR count). The number of allylic oxidation sites excluding steroid dienone is 1. The average Bonchev–Trinajstić information content (AvgIpc) is 2.10. The van der Waals surface area contributed by atoms with Gasteiger partial charge in [-0.05, 0) is 11.9 Å². The highest BCUT2D eigenvalue weighted by molar-refractivity contribution is 7.33. The van der Waals surface area contributed by atoms with Crippen molar-refractivity contribution >= 4 is 31.6 Å². The quantitative estimate of drug-likeness (QED) is 0.446. The number of ketones is 1. The summed E-state index contributed by atoms with van der Waals surface area (Å²) in [5.74, 6) is 1.53. The first-order valence-corrected chi connectivity index (χ1v) is 4.95. The number of Topliss-reactive ketones (excluding diaryl/α,β-unsaturated/α-hetero) is 1. The van der Waals surface area contributed by atoms with E-state index in [1.165, 1.54) is 0 Å². The van der Waals surface area contributed by atoms with Gasteiger partial charge in [0.25, 0.3) is 5.25 Å². The Bertz CT molecular complexity index is 344. The molecule has 0 aromatic carbocycles. The Morgan fingerprint density at radius 1 is 1.54 bits per heavy atom. The first kappa shape index (κ1) is 8.09. The van der Waals surface area contributed by atoms with Gasteiger partial charge >= 0.3 is 0 Å². The van der Waals surface area contributed by atoms with Crippen molar-refractivity contribution in [2.45, 2.75) is 17.6 Å². The molecule has 0 N–H and O–H groups in total. The third-order valence-corrected chi connectivity index (χ3v) is 3.12. The minimum atomic E-state index is -1.25. The van der Waals surface area contributed by atoms with Crippen molar-refractivity contribution in [3.8, 4) is 0 Å². The number of carbonyl (C=O) groups is 1. The molecular formula is C7H4ClO4P. The minimum absolute atomic E-state index is 0.214. The molecule has 3 saturated heterocycles. The monoisotopic (exact) mass is 218 g/mol. The molecule has 6 heteroatoms. The highest BCUT2D eigenvalue weighted by Crippen LogP contribution is 2.49. The van der Waals surface area contributed by atoms with Crippen molar-refractivity contribution in [3.05, 3.63) is 11.6 Å². The first-order chi connectivity index (χ1) is 6.21. The molecule has 13 heavy (non-hydrogen) atoms. The van der Waals surface area contributed by atoms with Gasteiger partial charge in [-0.1, -0.05) is 11.6 Å². The molecule has 68 valence electrons. The summed E-state index contributed by atoms with van der Waals surface area (Å²) in [6.45, 7) is 0. The summed E-state index contributed by atoms with van der Waals surface area (Å²) in [4.78, 5) is 11.4. The summed E-state index contributed by atoms with van der Waals surface area (Å²) >= 11 is 5.91. The molecule has 0 radical (unpaired) electrons. The number of carbonyl (C=O) groups excluding carboxylic acids is 1. The second-order valence-electron chi connectivity index (χ2n) is 2.87. The van der Waals surface area contributed by atoms with E-state index in [2.05, 4.69) is 0 Å². The fourth-order valence-corrected chi connectivity index (χ4v) is 2.43. The molecule has 0 amide bonds. The number of halogens is 1. The molecule has 2 bridgehead atoms. The highest BCUT2D eigenvalue weighted by Gasteiger charge is 2.62. The topological polar surface area (TPSA) is 44.8 Å². The van der Waals surface area contributed by atoms with Crippen LogP contribution in [-0.2, 0) is 18.8 Å². The normalized spacial score (nSPS) is 47.8. The number of hydrogen-bond acceptors (Lipinski definition) is 4. The van der Waals surface area contributed by atoms with E-state index >= 15 is 0 Å². The van der Waals surface area contributed by atoms with Crippen LogP contribution in [0, 0.1) is 0 Å². The van der Waals surface area contributed by atoms with Crippen LogP contribution >= 0.6 is 20.0 Å². The van der Waals surface area contributed by atoms with E-state index in [4.69, 9.17) is 25.6 Å². The van der Waals surface area contributed by atoms with Crippen LogP contribution < -0.4 is 0 Å². The van der Waals surface area contributed by atoms with E-state index in [1.54, 1.807) is 11.9 Å². The molecule has 1 atom stereocenters. The van der Waals surface area contributed by atoms with Gasteiger partial charge in [0.15, 0.2) is 6.10 Å². The van der Waals surface area contributed by atoms with Crippen LogP contribution in [0.25, 0.3) is 0 Å². The molecule has 0 aromatic heterocycles. The van der Waals surface area contributed by atoms with Gasteiger partial charge in [0.1, 0.15) is 0 Å². The second-order valence-corrected chi connectivity index (χ2v) is 4.09. The van der Waals surface area contributed by atoms with E-state index in [0.29, 0.717) is 14.0 Å². The van der Waals surface area contributed by atoms with Gasteiger partial charge in [-0.15, -0.1) is 0 Å². The fraction of sp³-hybridized carbons (Fsp3) is 0.429. The zero-order valence-electron chi connectivity index (χ0n) is 6.27. The van der Waals surface area contributed by atoms with Gasteiger partial charge < -0.3 is 4.52 Å². The van der Waals surface area contributed by atoms with Crippen LogP contribution in [0.3, 0.4) is 0 Å². The Labute approximate surface area is 80.3 Å². The van der Waals surface area contributed by atoms with Gasteiger partial charge in [0.05, 0.1) is 8.43 Å². The lowest BCUT2D eigenvalue weighted by atomic mass is 9.98. The lowest BCUT2D eigenvalue weighted by Gasteiger charge is -2.50. The summed E-state index contributed by atoms with van der Waals surface area (Å²) in [5, 5.41) is -1.25. The van der Waals surface area contributed by atoms with Crippen molar-refractivity contribution in [1.82, 2.24) is 0 Å². The van der Waals surface area contributed by atoms with Gasteiger partial charge in [-0.3, -0.25) is 14.3 Å². The maximum atomic E-state index is 11.4. The standard InChI is InChI=1S/C7H4ClO4P/c8-7-3-1-2-13-12-5(3)4(9)6(10-7)11-7/h1-2,5-6H. The minimum Gasteiger partial charge on any atom is -0.310 e. The summed E-state index contributed by atoms with van der Waals surface area (Å²) in [6.07, 6.45) is 0.292. The van der Waals surface area contributed by atoms with Crippen LogP contribution in [0.1, 0.15) is 0 Å². The molecule has 4 aliphatic rings. The number of alkyl halides is 1. The largest absolute Gasteiger partial charge is 0.310 e. The SMILES string of the molecule is O=C1C2OC(Cl)(O2)C2=CC=POC12. The van der Waals surface area contributed by atoms with E-state index in [-0.39, 0.29) is 5.78 Å². The molecule has 4 heterocycles. The van der Waals surface area contributed by atoms with E-state index in [1.807, 2.05) is 0 Å². The predicted molar refractivity (Wildman–Crippen MR) is 45.5 cm³/mol. The van der Waals surface area contributed by atoms with Gasteiger partial charge in [-0.2, -0.15) is 0 Å². The Balaban J connectivity index is 2.07. The van der Waals surface area contributed by atoms with Crippen LogP contribution in [-0.4, -0.2) is 29.2 Å². The smallest absolute Gasteiger partial charge is 0.280 e. The second kappa shape index (κ2) is 2.41. The zero-order valence-corrected chi connectivity index (χ0v) is 7.92. The van der Waals surface area contributed by atoms with Crippen LogP contribution in [0.2, 0.25) is 0 Å². The molecule has 4 aliphatic heterocycles. The zero-order chi connectivity index (χ0) is 9.05. The highest BCUT2D eigenvalue weighted by atomic mass is 35.5. The molecule has 0 aromatic rings. The Morgan fingerprint density at radius 3 is 3.00 bits per heavy atom. The third-order valence-electron chi connectivity index (χ3n) is 2.12. The first-order valence-electron chi connectivity index (χ1n) is 3.69. The van der Waals surface area contributed by atoms with Crippen molar-refractivity contribution in [2.75, 3.05) is 0 Å². The maximum absolute atomic E-state index is 11.4. The molecule has 3 fully saturated rings. The summed E-state index contributed by atoms with van der Waals surface area (Å²) in [6, 6.07) is 0. The molecule has 0 aliphatic carbocycles. The van der Waals surface area contributed by atoms with Crippen LogP contribution in [0.4, 0.5) is 0 Å². The van der Waals surface area contributed by atoms with Gasteiger partial charge in [0.2, 0.25) is 12.1 Å². The molecule has 4 nitrogen and oxygen atoms in total. The summed E-state index contributed by atoms with van der Waals surface area (Å²) < 4.78 is 15.3. The van der Waals surface area contributed by atoms with Crippen molar-refractivity contribution in [2.24, 2.45) is 0 Å². The van der Waals surface area contributed by atoms with E-state index in [9.17, 15) is 4.79 Å². The van der Waals surface area contributed by atoms with E-state index < -0.39 is 17.6 Å². The number of ether oxygens (including phenoxy) is 2. The Kier molecular flexibility index (Phi) is 1.50.